The number of rotatable bonds is 5. The molecule has 220 valence electrons. The minimum atomic E-state index is -0.476. The summed E-state index contributed by atoms with van der Waals surface area (Å²) in [6.07, 6.45) is 0. The Morgan fingerprint density at radius 1 is 0.404 bits per heavy atom. The Hall–Kier alpha value is -6.39. The van der Waals surface area contributed by atoms with Crippen LogP contribution in [-0.2, 0) is 0 Å². The maximum absolute atomic E-state index is 9.14. The van der Waals surface area contributed by atoms with Crippen molar-refractivity contribution in [1.29, 1.82) is 0 Å². The van der Waals surface area contributed by atoms with Crippen molar-refractivity contribution < 1.29 is 14.0 Å². The molecule has 0 bridgehead atoms. The summed E-state index contributed by atoms with van der Waals surface area (Å²) in [5.41, 5.74) is 4.79. The summed E-state index contributed by atoms with van der Waals surface area (Å²) in [6, 6.07) is 36.9. The standard InChI is InChI=1S/C43H27N3O/c1-3-10-28(11-4-1)31-18-19-33-26-36(21-20-32(33)24-31)43-45-41(29-12-5-2-6-13-29)44-42(46-43)35-15-9-14-30(25-35)34-22-23-38-37-16-7-8-17-39(37)47-40(38)27-34/h1-27H/i7D,8D,16D,17D,22D,23D,27D. The summed E-state index contributed by atoms with van der Waals surface area (Å²) < 4.78 is 66.0. The van der Waals surface area contributed by atoms with Crippen molar-refractivity contribution in [2.75, 3.05) is 0 Å². The maximum atomic E-state index is 9.14. The van der Waals surface area contributed by atoms with Crippen LogP contribution >= 0.6 is 0 Å². The topological polar surface area (TPSA) is 51.8 Å². The van der Waals surface area contributed by atoms with E-state index in [1.54, 1.807) is 18.2 Å². The molecule has 0 saturated carbocycles. The van der Waals surface area contributed by atoms with E-state index in [9.17, 15) is 0 Å². The van der Waals surface area contributed by atoms with Gasteiger partial charge >= 0.3 is 0 Å². The first kappa shape index (κ1) is 20.6. The summed E-state index contributed by atoms with van der Waals surface area (Å²) in [6.45, 7) is 0. The second kappa shape index (κ2) is 11.2. The van der Waals surface area contributed by atoms with Gasteiger partial charge in [0.1, 0.15) is 11.2 Å². The van der Waals surface area contributed by atoms with Gasteiger partial charge in [-0.05, 0) is 69.4 Å². The van der Waals surface area contributed by atoms with Gasteiger partial charge in [0.05, 0.1) is 9.60 Å². The van der Waals surface area contributed by atoms with Gasteiger partial charge in [-0.15, -0.1) is 0 Å². The van der Waals surface area contributed by atoms with E-state index < -0.39 is 18.1 Å². The largest absolute Gasteiger partial charge is 0.456 e. The summed E-state index contributed by atoms with van der Waals surface area (Å²) in [4.78, 5) is 14.7. The number of furan rings is 1. The van der Waals surface area contributed by atoms with E-state index in [0.29, 0.717) is 28.6 Å². The second-order valence-corrected chi connectivity index (χ2v) is 11.2. The van der Waals surface area contributed by atoms with Gasteiger partial charge in [-0.3, -0.25) is 0 Å². The highest BCUT2D eigenvalue weighted by Crippen LogP contribution is 2.34. The summed E-state index contributed by atoms with van der Waals surface area (Å²) >= 11 is 0. The van der Waals surface area contributed by atoms with Crippen LogP contribution in [0.25, 0.3) is 89.1 Å². The molecule has 7 aromatic carbocycles. The van der Waals surface area contributed by atoms with Crippen molar-refractivity contribution in [3.63, 3.8) is 0 Å². The number of para-hydroxylation sites is 1. The third-order valence-corrected chi connectivity index (χ3v) is 8.17. The number of benzene rings is 7. The first-order chi connectivity index (χ1) is 26.2. The summed E-state index contributed by atoms with van der Waals surface area (Å²) in [7, 11) is 0. The molecule has 0 aliphatic rings. The van der Waals surface area contributed by atoms with Crippen LogP contribution in [0.15, 0.2) is 168 Å². The monoisotopic (exact) mass is 608 g/mol. The molecule has 0 N–H and O–H groups in total. The van der Waals surface area contributed by atoms with Crippen molar-refractivity contribution in [3.05, 3.63) is 164 Å². The fourth-order valence-electron chi connectivity index (χ4n) is 5.80. The Kier molecular flexibility index (Phi) is 4.91. The van der Waals surface area contributed by atoms with Crippen molar-refractivity contribution in [2.24, 2.45) is 0 Å². The van der Waals surface area contributed by atoms with Gasteiger partial charge in [0, 0.05) is 27.5 Å². The molecular formula is C43H27N3O. The van der Waals surface area contributed by atoms with Crippen LogP contribution in [0.5, 0.6) is 0 Å². The third kappa shape index (κ3) is 5.02. The molecule has 9 rings (SSSR count). The van der Waals surface area contributed by atoms with Gasteiger partial charge < -0.3 is 4.42 Å². The van der Waals surface area contributed by atoms with E-state index in [1.807, 2.05) is 60.7 Å². The number of fused-ring (bicyclic) bond motifs is 4. The Labute approximate surface area is 281 Å². The van der Waals surface area contributed by atoms with Gasteiger partial charge in [0.25, 0.3) is 0 Å². The summed E-state index contributed by atoms with van der Waals surface area (Å²) in [5.74, 6) is 1.32. The molecule has 0 aliphatic carbocycles. The Morgan fingerprint density at radius 2 is 0.957 bits per heavy atom. The van der Waals surface area contributed by atoms with Gasteiger partial charge in [-0.25, -0.2) is 15.0 Å². The van der Waals surface area contributed by atoms with Crippen LogP contribution in [0.3, 0.4) is 0 Å². The predicted octanol–water partition coefficient (Wildman–Crippen LogP) is 11.3. The molecule has 4 nitrogen and oxygen atoms in total. The molecule has 47 heavy (non-hydrogen) atoms. The third-order valence-electron chi connectivity index (χ3n) is 8.17. The Bertz CT molecular complexity index is 2970. The van der Waals surface area contributed by atoms with Gasteiger partial charge in [0.15, 0.2) is 17.5 Å². The van der Waals surface area contributed by atoms with Crippen LogP contribution in [0.4, 0.5) is 0 Å². The molecule has 0 unspecified atom stereocenters. The van der Waals surface area contributed by atoms with E-state index in [4.69, 9.17) is 29.0 Å². The highest BCUT2D eigenvalue weighted by molar-refractivity contribution is 6.06. The molecule has 0 aliphatic heterocycles. The summed E-state index contributed by atoms with van der Waals surface area (Å²) in [5, 5.41) is 2.10. The van der Waals surface area contributed by atoms with E-state index in [-0.39, 0.29) is 51.7 Å². The van der Waals surface area contributed by atoms with E-state index >= 15 is 0 Å². The second-order valence-electron chi connectivity index (χ2n) is 11.2. The zero-order chi connectivity index (χ0) is 37.2. The predicted molar refractivity (Wildman–Crippen MR) is 192 cm³/mol. The molecule has 0 amide bonds. The smallest absolute Gasteiger partial charge is 0.164 e. The van der Waals surface area contributed by atoms with Crippen LogP contribution in [-0.4, -0.2) is 15.0 Å². The molecule has 0 radical (unpaired) electrons. The lowest BCUT2D eigenvalue weighted by atomic mass is 9.99. The first-order valence-electron chi connectivity index (χ1n) is 18.6. The molecule has 0 saturated heterocycles. The van der Waals surface area contributed by atoms with E-state index in [2.05, 4.69) is 42.5 Å². The maximum Gasteiger partial charge on any atom is 0.164 e. The Balaban J connectivity index is 1.19. The first-order valence-corrected chi connectivity index (χ1v) is 15.1. The molecule has 0 spiro atoms. The van der Waals surface area contributed by atoms with E-state index in [0.717, 1.165) is 33.0 Å². The van der Waals surface area contributed by atoms with Crippen LogP contribution in [0.1, 0.15) is 9.60 Å². The van der Waals surface area contributed by atoms with Crippen LogP contribution in [0, 0.1) is 0 Å². The molecule has 0 fully saturated rings. The van der Waals surface area contributed by atoms with Gasteiger partial charge in [0.2, 0.25) is 0 Å². The van der Waals surface area contributed by atoms with E-state index in [1.165, 1.54) is 0 Å². The molecule has 2 heterocycles. The quantitative estimate of drug-likeness (QED) is 0.195. The average molecular weight is 609 g/mol. The fourth-order valence-corrected chi connectivity index (χ4v) is 5.80. The Morgan fingerprint density at radius 3 is 1.72 bits per heavy atom. The molecule has 0 atom stereocenters. The number of aromatic nitrogens is 3. The normalized spacial score (nSPS) is 13.5. The zero-order valence-corrected chi connectivity index (χ0v) is 24.8. The van der Waals surface area contributed by atoms with Gasteiger partial charge in [-0.1, -0.05) is 127 Å². The highest BCUT2D eigenvalue weighted by Gasteiger charge is 2.14. The van der Waals surface area contributed by atoms with Crippen molar-refractivity contribution in [1.82, 2.24) is 15.0 Å². The average Bonchev–Trinajstić information content (AvgIpc) is 3.63. The number of hydrogen-bond acceptors (Lipinski definition) is 4. The minimum Gasteiger partial charge on any atom is -0.456 e. The molecule has 2 aromatic heterocycles. The van der Waals surface area contributed by atoms with Crippen LogP contribution in [0.2, 0.25) is 0 Å². The lowest BCUT2D eigenvalue weighted by Gasteiger charge is -2.11. The fraction of sp³-hybridized carbons (Fsp3) is 0. The minimum absolute atomic E-state index is 0.00758. The zero-order valence-electron chi connectivity index (χ0n) is 31.8. The van der Waals surface area contributed by atoms with Crippen LogP contribution < -0.4 is 0 Å². The SMILES string of the molecule is [2H]c1c([2H])c([2H])c2c(oc3c([2H])c(-c4cccc(-c5nc(-c6ccccc6)nc(-c6ccc7cc(-c8ccccc8)ccc7c6)n5)c4)c([2H])c([2H])c32)c1[2H]. The lowest BCUT2D eigenvalue weighted by molar-refractivity contribution is 0.669. The lowest BCUT2D eigenvalue weighted by Crippen LogP contribution is -2.00. The highest BCUT2D eigenvalue weighted by atomic mass is 16.3. The van der Waals surface area contributed by atoms with Crippen molar-refractivity contribution >= 4 is 32.7 Å². The number of hydrogen-bond donors (Lipinski definition) is 0. The number of nitrogens with zero attached hydrogens (tertiary/aromatic N) is 3. The molecule has 9 aromatic rings. The van der Waals surface area contributed by atoms with Crippen molar-refractivity contribution in [3.8, 4) is 56.4 Å². The molecule has 4 heteroatoms. The molecular weight excluding hydrogens is 574 g/mol. The van der Waals surface area contributed by atoms with Gasteiger partial charge in [-0.2, -0.15) is 0 Å². The van der Waals surface area contributed by atoms with Crippen molar-refractivity contribution in [2.45, 2.75) is 0 Å².